The van der Waals surface area contributed by atoms with Crippen LogP contribution in [0.15, 0.2) is 36.4 Å². The normalized spacial score (nSPS) is 11.3. The molecule has 0 saturated heterocycles. The van der Waals surface area contributed by atoms with E-state index in [0.717, 1.165) is 5.69 Å². The highest BCUT2D eigenvalue weighted by atomic mass is 32.1. The minimum Gasteiger partial charge on any atom is -0.398 e. The van der Waals surface area contributed by atoms with E-state index in [4.69, 9.17) is 5.73 Å². The molecule has 0 radical (unpaired) electrons. The molecule has 2 N–H and O–H groups in total. The van der Waals surface area contributed by atoms with Gasteiger partial charge in [-0.25, -0.2) is 0 Å². The van der Waals surface area contributed by atoms with Crippen LogP contribution in [-0.4, -0.2) is 0 Å². The van der Waals surface area contributed by atoms with Gasteiger partial charge in [0.05, 0.1) is 0 Å². The summed E-state index contributed by atoms with van der Waals surface area (Å²) < 4.78 is 2.65. The van der Waals surface area contributed by atoms with E-state index in [-0.39, 0.29) is 0 Å². The topological polar surface area (TPSA) is 26.0 Å². The third-order valence-corrected chi connectivity index (χ3v) is 4.14. The summed E-state index contributed by atoms with van der Waals surface area (Å²) in [4.78, 5) is 0. The quantitative estimate of drug-likeness (QED) is 0.562. The van der Waals surface area contributed by atoms with E-state index in [9.17, 15) is 0 Å². The monoisotopic (exact) mass is 213 g/mol. The number of anilines is 1. The minimum atomic E-state index is 0.883. The molecule has 0 aliphatic rings. The van der Waals surface area contributed by atoms with Crippen LogP contribution in [0.4, 0.5) is 5.69 Å². The molecule has 0 unspecified atom stereocenters. The summed E-state index contributed by atoms with van der Waals surface area (Å²) >= 11 is 1.82. The van der Waals surface area contributed by atoms with Gasteiger partial charge >= 0.3 is 0 Å². The summed E-state index contributed by atoms with van der Waals surface area (Å²) in [6.45, 7) is 2.09. The van der Waals surface area contributed by atoms with Crippen LogP contribution in [0.1, 0.15) is 5.56 Å². The van der Waals surface area contributed by atoms with Crippen molar-refractivity contribution in [1.29, 1.82) is 0 Å². The molecule has 2 heteroatoms. The first-order valence-electron chi connectivity index (χ1n) is 4.93. The van der Waals surface area contributed by atoms with Crippen molar-refractivity contribution in [1.82, 2.24) is 0 Å². The second-order valence-electron chi connectivity index (χ2n) is 3.75. The van der Waals surface area contributed by atoms with E-state index in [1.807, 2.05) is 17.4 Å². The number of fused-ring (bicyclic) bond motifs is 3. The fourth-order valence-electron chi connectivity index (χ4n) is 1.94. The molecular formula is C13H11NS. The van der Waals surface area contributed by atoms with Crippen LogP contribution >= 0.6 is 11.3 Å². The molecule has 0 spiro atoms. The van der Waals surface area contributed by atoms with Gasteiger partial charge in [-0.2, -0.15) is 0 Å². The van der Waals surface area contributed by atoms with E-state index in [1.165, 1.54) is 25.7 Å². The molecule has 0 fully saturated rings. The molecule has 0 aliphatic carbocycles. The summed E-state index contributed by atoms with van der Waals surface area (Å²) in [6, 6.07) is 12.6. The van der Waals surface area contributed by atoms with Crippen molar-refractivity contribution in [3.05, 3.63) is 42.0 Å². The Labute approximate surface area is 92.1 Å². The van der Waals surface area contributed by atoms with Gasteiger partial charge in [-0.15, -0.1) is 11.3 Å². The number of nitrogens with two attached hydrogens (primary N) is 1. The third kappa shape index (κ3) is 1.15. The van der Waals surface area contributed by atoms with Gasteiger partial charge in [-0.1, -0.05) is 24.3 Å². The maximum absolute atomic E-state index is 5.91. The van der Waals surface area contributed by atoms with Gasteiger partial charge in [0.2, 0.25) is 0 Å². The number of rotatable bonds is 0. The predicted octanol–water partition coefficient (Wildman–Crippen LogP) is 3.95. The molecule has 0 aliphatic heterocycles. The fraction of sp³-hybridized carbons (Fsp3) is 0.0769. The van der Waals surface area contributed by atoms with Gasteiger partial charge in [-0.05, 0) is 24.6 Å². The van der Waals surface area contributed by atoms with Crippen LogP contribution in [0.3, 0.4) is 0 Å². The predicted molar refractivity (Wildman–Crippen MR) is 68.5 cm³/mol. The first kappa shape index (κ1) is 8.74. The molecule has 3 rings (SSSR count). The molecule has 0 amide bonds. The highest BCUT2D eigenvalue weighted by Gasteiger charge is 2.07. The molecule has 0 saturated carbocycles. The summed E-state index contributed by atoms with van der Waals surface area (Å²) in [5, 5.41) is 2.66. The Balaban J connectivity index is 2.60. The number of nitrogen functional groups attached to an aromatic ring is 1. The Bertz CT molecular complexity index is 652. The Morgan fingerprint density at radius 3 is 2.67 bits per heavy atom. The Morgan fingerprint density at radius 1 is 1.00 bits per heavy atom. The molecule has 1 heterocycles. The van der Waals surface area contributed by atoms with Crippen molar-refractivity contribution in [2.75, 3.05) is 5.73 Å². The average molecular weight is 213 g/mol. The van der Waals surface area contributed by atoms with E-state index >= 15 is 0 Å². The van der Waals surface area contributed by atoms with E-state index in [2.05, 4.69) is 37.3 Å². The van der Waals surface area contributed by atoms with Crippen molar-refractivity contribution in [2.24, 2.45) is 0 Å². The zero-order valence-electron chi connectivity index (χ0n) is 8.45. The third-order valence-electron chi connectivity index (χ3n) is 2.84. The Kier molecular flexibility index (Phi) is 1.73. The van der Waals surface area contributed by atoms with Crippen LogP contribution in [0.5, 0.6) is 0 Å². The average Bonchev–Trinajstić information content (AvgIpc) is 2.63. The molecule has 1 aromatic heterocycles. The smallest absolute Gasteiger partial charge is 0.0405 e. The Morgan fingerprint density at radius 2 is 1.80 bits per heavy atom. The van der Waals surface area contributed by atoms with Gasteiger partial charge in [-0.3, -0.25) is 0 Å². The molecular weight excluding hydrogens is 202 g/mol. The number of hydrogen-bond donors (Lipinski definition) is 1. The molecule has 0 bridgehead atoms. The first-order chi connectivity index (χ1) is 7.27. The van der Waals surface area contributed by atoms with E-state index < -0.39 is 0 Å². The zero-order valence-corrected chi connectivity index (χ0v) is 9.27. The fourth-order valence-corrected chi connectivity index (χ4v) is 3.15. The molecule has 0 atom stereocenters. The molecule has 1 nitrogen and oxygen atoms in total. The van der Waals surface area contributed by atoms with Crippen molar-refractivity contribution in [2.45, 2.75) is 6.92 Å². The van der Waals surface area contributed by atoms with Crippen LogP contribution in [-0.2, 0) is 0 Å². The lowest BCUT2D eigenvalue weighted by molar-refractivity contribution is 1.55. The summed E-state index contributed by atoms with van der Waals surface area (Å²) in [7, 11) is 0. The van der Waals surface area contributed by atoms with Crippen molar-refractivity contribution in [3.63, 3.8) is 0 Å². The van der Waals surface area contributed by atoms with Gasteiger partial charge < -0.3 is 5.73 Å². The zero-order chi connectivity index (χ0) is 10.4. The van der Waals surface area contributed by atoms with Gasteiger partial charge in [0.25, 0.3) is 0 Å². The van der Waals surface area contributed by atoms with Gasteiger partial charge in [0.1, 0.15) is 0 Å². The van der Waals surface area contributed by atoms with Gasteiger partial charge in [0, 0.05) is 25.9 Å². The maximum Gasteiger partial charge on any atom is 0.0405 e. The summed E-state index contributed by atoms with van der Waals surface area (Å²) in [6.07, 6.45) is 0. The van der Waals surface area contributed by atoms with Crippen molar-refractivity contribution in [3.8, 4) is 0 Å². The molecule has 74 valence electrons. The molecule has 3 aromatic rings. The number of thiophene rings is 1. The first-order valence-corrected chi connectivity index (χ1v) is 5.75. The second-order valence-corrected chi connectivity index (χ2v) is 4.81. The largest absolute Gasteiger partial charge is 0.398 e. The lowest BCUT2D eigenvalue weighted by Gasteiger charge is -1.99. The standard InChI is InChI=1S/C13H11NS/c1-8-11(14)7-6-10-9-4-2-3-5-12(9)15-13(8)10/h2-7H,14H2,1H3. The Hall–Kier alpha value is -1.54. The minimum absolute atomic E-state index is 0.883. The van der Waals surface area contributed by atoms with Gasteiger partial charge in [0.15, 0.2) is 0 Å². The van der Waals surface area contributed by atoms with Crippen LogP contribution in [0.25, 0.3) is 20.2 Å². The number of hydrogen-bond acceptors (Lipinski definition) is 2. The molecule has 2 aromatic carbocycles. The van der Waals surface area contributed by atoms with Crippen molar-refractivity contribution >= 4 is 37.2 Å². The highest BCUT2D eigenvalue weighted by molar-refractivity contribution is 7.26. The van der Waals surface area contributed by atoms with Crippen LogP contribution < -0.4 is 5.73 Å². The number of benzene rings is 2. The summed E-state index contributed by atoms with van der Waals surface area (Å²) in [5.74, 6) is 0. The lowest BCUT2D eigenvalue weighted by Crippen LogP contribution is -1.87. The van der Waals surface area contributed by atoms with Crippen LogP contribution in [0, 0.1) is 6.92 Å². The second kappa shape index (κ2) is 2.97. The van der Waals surface area contributed by atoms with E-state index in [1.54, 1.807) is 0 Å². The van der Waals surface area contributed by atoms with E-state index in [0.29, 0.717) is 0 Å². The lowest BCUT2D eigenvalue weighted by atomic mass is 10.1. The SMILES string of the molecule is Cc1c(N)ccc2c1sc1ccccc12. The number of aryl methyl sites for hydroxylation is 1. The summed E-state index contributed by atoms with van der Waals surface area (Å²) in [5.41, 5.74) is 8.00. The highest BCUT2D eigenvalue weighted by Crippen LogP contribution is 2.37. The van der Waals surface area contributed by atoms with Crippen molar-refractivity contribution < 1.29 is 0 Å². The van der Waals surface area contributed by atoms with Crippen LogP contribution in [0.2, 0.25) is 0 Å². The molecule has 15 heavy (non-hydrogen) atoms. The maximum atomic E-state index is 5.91.